The molecule has 0 bridgehead atoms. The van der Waals surface area contributed by atoms with Crippen molar-refractivity contribution < 1.29 is 23.8 Å². The first-order chi connectivity index (χ1) is 16.6. The second-order valence-electron chi connectivity index (χ2n) is 8.99. The maximum Gasteiger partial charge on any atom is 0.290 e. The molecule has 6 nitrogen and oxygen atoms in total. The van der Waals surface area contributed by atoms with Gasteiger partial charge in [0.05, 0.1) is 9.38 Å². The van der Waals surface area contributed by atoms with Gasteiger partial charge < -0.3 is 14.2 Å². The van der Waals surface area contributed by atoms with Gasteiger partial charge in [-0.3, -0.25) is 14.9 Å². The van der Waals surface area contributed by atoms with E-state index < -0.39 is 5.60 Å². The van der Waals surface area contributed by atoms with E-state index in [0.29, 0.717) is 23.9 Å². The minimum atomic E-state index is -0.487. The van der Waals surface area contributed by atoms with Gasteiger partial charge in [0, 0.05) is 5.56 Å². The van der Waals surface area contributed by atoms with E-state index in [9.17, 15) is 9.59 Å². The van der Waals surface area contributed by atoms with Gasteiger partial charge in [-0.2, -0.15) is 0 Å². The maximum atomic E-state index is 11.8. The summed E-state index contributed by atoms with van der Waals surface area (Å²) in [4.78, 5) is 23.5. The van der Waals surface area contributed by atoms with Crippen molar-refractivity contribution in [2.24, 2.45) is 0 Å². The van der Waals surface area contributed by atoms with Crippen molar-refractivity contribution in [1.82, 2.24) is 5.32 Å². The largest absolute Gasteiger partial charge is 0.489 e. The Hall–Kier alpha value is -2.71. The number of nitrogens with one attached hydrogen (secondary N) is 1. The fourth-order valence-corrected chi connectivity index (χ4v) is 5.46. The molecule has 0 aromatic heterocycles. The molecular formula is C27H28BrNO5S. The lowest BCUT2D eigenvalue weighted by molar-refractivity contribution is -0.115. The van der Waals surface area contributed by atoms with Crippen LogP contribution in [0.5, 0.6) is 17.2 Å². The molecule has 2 aliphatic rings. The van der Waals surface area contributed by atoms with E-state index >= 15 is 0 Å². The van der Waals surface area contributed by atoms with Gasteiger partial charge in [-0.15, -0.1) is 0 Å². The highest BCUT2D eigenvalue weighted by Gasteiger charge is 2.36. The summed E-state index contributed by atoms with van der Waals surface area (Å²) in [5.74, 6) is 2.14. The van der Waals surface area contributed by atoms with E-state index in [4.69, 9.17) is 14.2 Å². The van der Waals surface area contributed by atoms with Crippen molar-refractivity contribution in [1.29, 1.82) is 0 Å². The highest BCUT2D eigenvalue weighted by Crippen LogP contribution is 2.44. The number of hydrogen-bond acceptors (Lipinski definition) is 6. The molecule has 1 atom stereocenters. The van der Waals surface area contributed by atoms with E-state index in [2.05, 4.69) is 55.5 Å². The van der Waals surface area contributed by atoms with Crippen LogP contribution in [-0.4, -0.2) is 30.0 Å². The second kappa shape index (κ2) is 10.1. The summed E-state index contributed by atoms with van der Waals surface area (Å²) in [6.45, 7) is 12.9. The summed E-state index contributed by atoms with van der Waals surface area (Å²) in [6.07, 6.45) is 5.12. The normalized spacial score (nSPS) is 20.3. The Morgan fingerprint density at radius 2 is 1.97 bits per heavy atom. The topological polar surface area (TPSA) is 73.9 Å². The number of benzene rings is 2. The molecule has 2 aliphatic heterocycles. The first-order valence-electron chi connectivity index (χ1n) is 11.3. The SMILES string of the molecule is C=CCOc1c(C)c(C)c2c(c1C)CCC(C)(COc1ccc(C=C3SC(=O)NC3=O)cc1Br)O2. The molecule has 35 heavy (non-hydrogen) atoms. The predicted octanol–water partition coefficient (Wildman–Crippen LogP) is 6.43. The number of fused-ring (bicyclic) bond motifs is 1. The Kier molecular flexibility index (Phi) is 7.33. The molecule has 0 spiro atoms. The Morgan fingerprint density at radius 1 is 1.20 bits per heavy atom. The van der Waals surface area contributed by atoms with Crippen LogP contribution in [0.15, 0.2) is 40.2 Å². The minimum absolute atomic E-state index is 0.358. The monoisotopic (exact) mass is 557 g/mol. The number of carbonyl (C=O) groups excluding carboxylic acids is 2. The van der Waals surface area contributed by atoms with Gasteiger partial charge in [-0.25, -0.2) is 0 Å². The molecule has 8 heteroatoms. The molecule has 0 aliphatic carbocycles. The van der Waals surface area contributed by atoms with Gasteiger partial charge in [0.2, 0.25) is 0 Å². The number of ether oxygens (including phenoxy) is 3. The Balaban J connectivity index is 1.49. The van der Waals surface area contributed by atoms with Crippen molar-refractivity contribution in [3.05, 3.63) is 68.0 Å². The Labute approximate surface area is 218 Å². The van der Waals surface area contributed by atoms with Crippen molar-refractivity contribution in [3.63, 3.8) is 0 Å². The summed E-state index contributed by atoms with van der Waals surface area (Å²) in [5.41, 5.74) is 4.78. The molecule has 1 unspecified atom stereocenters. The number of hydrogen-bond donors (Lipinski definition) is 1. The van der Waals surface area contributed by atoms with E-state index in [1.165, 1.54) is 5.56 Å². The van der Waals surface area contributed by atoms with Gasteiger partial charge in [0.25, 0.3) is 11.1 Å². The quantitative estimate of drug-likeness (QED) is 0.312. The van der Waals surface area contributed by atoms with Crippen LogP contribution >= 0.6 is 27.7 Å². The van der Waals surface area contributed by atoms with Crippen molar-refractivity contribution >= 4 is 44.9 Å². The van der Waals surface area contributed by atoms with Crippen molar-refractivity contribution in [3.8, 4) is 17.2 Å². The zero-order chi connectivity index (χ0) is 25.3. The molecule has 1 fully saturated rings. The van der Waals surface area contributed by atoms with Gasteiger partial charge in [0.1, 0.15) is 36.1 Å². The molecule has 2 aromatic rings. The van der Waals surface area contributed by atoms with Crippen molar-refractivity contribution in [2.75, 3.05) is 13.2 Å². The van der Waals surface area contributed by atoms with Crippen LogP contribution in [0, 0.1) is 20.8 Å². The Morgan fingerprint density at radius 3 is 2.63 bits per heavy atom. The molecule has 1 saturated heterocycles. The number of thioether (sulfide) groups is 1. The number of amides is 2. The van der Waals surface area contributed by atoms with Crippen LogP contribution in [0.2, 0.25) is 0 Å². The molecule has 2 aromatic carbocycles. The van der Waals surface area contributed by atoms with Crippen LogP contribution in [0.25, 0.3) is 6.08 Å². The zero-order valence-electron chi connectivity index (χ0n) is 20.2. The lowest BCUT2D eigenvalue weighted by Gasteiger charge is -2.38. The number of rotatable bonds is 7. The molecule has 184 valence electrons. The standard InChI is InChI=1S/C27H28BrNO5S/c1-6-11-32-23-15(2)16(3)24-19(17(23)4)9-10-27(5,34-24)14-33-21-8-7-18(12-20(21)28)13-22-25(30)29-26(31)35-22/h6-8,12-13H,1,9-11,14H2,2-5H3,(H,29,30,31). The summed E-state index contributed by atoms with van der Waals surface area (Å²) in [6, 6.07) is 5.56. The van der Waals surface area contributed by atoms with Gasteiger partial charge in [0.15, 0.2) is 0 Å². The van der Waals surface area contributed by atoms with Gasteiger partial charge in [-0.05, 0) is 109 Å². The molecule has 4 rings (SSSR count). The van der Waals surface area contributed by atoms with Crippen LogP contribution in [0.3, 0.4) is 0 Å². The molecule has 0 radical (unpaired) electrons. The number of halogens is 1. The predicted molar refractivity (Wildman–Crippen MR) is 142 cm³/mol. The van der Waals surface area contributed by atoms with Crippen LogP contribution in [0.1, 0.15) is 41.2 Å². The fraction of sp³-hybridized carbons (Fsp3) is 0.333. The highest BCUT2D eigenvalue weighted by atomic mass is 79.9. The molecule has 2 heterocycles. The van der Waals surface area contributed by atoms with E-state index in [0.717, 1.165) is 62.8 Å². The maximum absolute atomic E-state index is 11.8. The average molecular weight is 558 g/mol. The summed E-state index contributed by atoms with van der Waals surface area (Å²) >= 11 is 4.46. The summed E-state index contributed by atoms with van der Waals surface area (Å²) < 4.78 is 19.4. The van der Waals surface area contributed by atoms with E-state index in [-0.39, 0.29) is 11.1 Å². The Bertz CT molecular complexity index is 1250. The molecule has 0 saturated carbocycles. The van der Waals surface area contributed by atoms with Crippen molar-refractivity contribution in [2.45, 2.75) is 46.1 Å². The van der Waals surface area contributed by atoms with Gasteiger partial charge >= 0.3 is 0 Å². The fourth-order valence-electron chi connectivity index (χ4n) is 4.27. The second-order valence-corrected chi connectivity index (χ2v) is 10.9. The van der Waals surface area contributed by atoms with E-state index in [1.54, 1.807) is 12.2 Å². The third-order valence-corrected chi connectivity index (χ3v) is 7.77. The lowest BCUT2D eigenvalue weighted by atomic mass is 9.87. The molecular weight excluding hydrogens is 530 g/mol. The number of carbonyl (C=O) groups is 2. The van der Waals surface area contributed by atoms with Crippen LogP contribution in [-0.2, 0) is 11.2 Å². The first-order valence-corrected chi connectivity index (χ1v) is 13.0. The average Bonchev–Trinajstić information content (AvgIpc) is 3.13. The summed E-state index contributed by atoms with van der Waals surface area (Å²) in [5, 5.41) is 1.90. The number of imide groups is 1. The molecule has 1 N–H and O–H groups in total. The van der Waals surface area contributed by atoms with E-state index in [1.807, 2.05) is 18.2 Å². The minimum Gasteiger partial charge on any atom is -0.489 e. The lowest BCUT2D eigenvalue weighted by Crippen LogP contribution is -2.42. The third-order valence-electron chi connectivity index (χ3n) is 6.34. The van der Waals surface area contributed by atoms with Crippen LogP contribution < -0.4 is 19.5 Å². The summed E-state index contributed by atoms with van der Waals surface area (Å²) in [7, 11) is 0. The zero-order valence-corrected chi connectivity index (χ0v) is 22.7. The van der Waals surface area contributed by atoms with Crippen LogP contribution in [0.4, 0.5) is 4.79 Å². The van der Waals surface area contributed by atoms with Gasteiger partial charge in [-0.1, -0.05) is 18.7 Å². The third kappa shape index (κ3) is 5.28. The molecule has 2 amide bonds. The highest BCUT2D eigenvalue weighted by molar-refractivity contribution is 9.10. The first kappa shape index (κ1) is 25.4. The smallest absolute Gasteiger partial charge is 0.290 e.